The lowest BCUT2D eigenvalue weighted by Crippen LogP contribution is -2.25. The minimum Gasteiger partial charge on any atom is -0.462 e. The summed E-state index contributed by atoms with van der Waals surface area (Å²) in [5.41, 5.74) is 1.18. The van der Waals surface area contributed by atoms with Gasteiger partial charge in [-0.3, -0.25) is 4.79 Å². The third-order valence-electron chi connectivity index (χ3n) is 1.41. The van der Waals surface area contributed by atoms with Crippen molar-refractivity contribution in [3.8, 4) is 0 Å². The molecular formula is C10H20O2Si. The molecule has 0 unspecified atom stereocenters. The van der Waals surface area contributed by atoms with Gasteiger partial charge in [0.05, 0.1) is 8.07 Å². The van der Waals surface area contributed by atoms with Crippen molar-refractivity contribution in [2.45, 2.75) is 39.5 Å². The minimum atomic E-state index is -1.29. The predicted octanol–water partition coefficient (Wildman–Crippen LogP) is 2.83. The Morgan fingerprint density at radius 2 is 1.85 bits per heavy atom. The first-order chi connectivity index (χ1) is 5.81. The number of allylic oxidation sites excluding steroid dienone is 1. The van der Waals surface area contributed by atoms with Crippen molar-refractivity contribution in [2.24, 2.45) is 0 Å². The Labute approximate surface area is 82.0 Å². The highest BCUT2D eigenvalue weighted by Crippen LogP contribution is 2.08. The summed E-state index contributed by atoms with van der Waals surface area (Å²) >= 11 is 0. The summed E-state index contributed by atoms with van der Waals surface area (Å²) in [7, 11) is -1.29. The number of hydrogen-bond donors (Lipinski definition) is 0. The Morgan fingerprint density at radius 3 is 2.23 bits per heavy atom. The smallest absolute Gasteiger partial charge is 0.303 e. The van der Waals surface area contributed by atoms with Crippen LogP contribution in [0.4, 0.5) is 0 Å². The van der Waals surface area contributed by atoms with Crippen molar-refractivity contribution >= 4 is 14.0 Å². The average Bonchev–Trinajstić information content (AvgIpc) is 1.81. The van der Waals surface area contributed by atoms with E-state index in [2.05, 4.69) is 19.6 Å². The summed E-state index contributed by atoms with van der Waals surface area (Å²) in [5, 5.41) is 0. The van der Waals surface area contributed by atoms with Crippen molar-refractivity contribution < 1.29 is 9.53 Å². The highest BCUT2D eigenvalue weighted by Gasteiger charge is 2.18. The van der Waals surface area contributed by atoms with Crippen LogP contribution < -0.4 is 0 Å². The van der Waals surface area contributed by atoms with E-state index in [1.807, 2.05) is 19.9 Å². The van der Waals surface area contributed by atoms with Crippen LogP contribution in [0.3, 0.4) is 0 Å². The van der Waals surface area contributed by atoms with E-state index in [4.69, 9.17) is 4.74 Å². The van der Waals surface area contributed by atoms with Gasteiger partial charge in [0.15, 0.2) is 0 Å². The van der Waals surface area contributed by atoms with E-state index in [1.54, 1.807) is 0 Å². The second-order valence-electron chi connectivity index (χ2n) is 4.70. The summed E-state index contributed by atoms with van der Waals surface area (Å²) in [6.07, 6.45) is 1.92. The van der Waals surface area contributed by atoms with Gasteiger partial charge in [0.25, 0.3) is 0 Å². The number of esters is 1. The summed E-state index contributed by atoms with van der Waals surface area (Å²) in [5.74, 6) is -0.0586. The van der Waals surface area contributed by atoms with E-state index < -0.39 is 8.07 Å². The van der Waals surface area contributed by atoms with Gasteiger partial charge >= 0.3 is 5.97 Å². The van der Waals surface area contributed by atoms with Crippen molar-refractivity contribution in [3.63, 3.8) is 0 Å². The van der Waals surface area contributed by atoms with Crippen LogP contribution in [0.2, 0.25) is 25.7 Å². The van der Waals surface area contributed by atoms with Gasteiger partial charge in [-0.25, -0.2) is 0 Å². The third kappa shape index (κ3) is 9.34. The molecule has 0 aromatic heterocycles. The largest absolute Gasteiger partial charge is 0.462 e. The molecule has 0 fully saturated rings. The third-order valence-corrected chi connectivity index (χ3v) is 2.76. The molecule has 0 heterocycles. The monoisotopic (exact) mass is 200 g/mol. The van der Waals surface area contributed by atoms with E-state index in [1.165, 1.54) is 5.57 Å². The topological polar surface area (TPSA) is 26.3 Å². The van der Waals surface area contributed by atoms with Crippen molar-refractivity contribution in [1.82, 2.24) is 0 Å². The van der Waals surface area contributed by atoms with Gasteiger partial charge in [0.2, 0.25) is 0 Å². The number of hydrogen-bond acceptors (Lipinski definition) is 2. The molecule has 0 aliphatic rings. The maximum atomic E-state index is 11.2. The highest BCUT2D eigenvalue weighted by molar-refractivity contribution is 6.78. The van der Waals surface area contributed by atoms with Crippen LogP contribution in [0.25, 0.3) is 0 Å². The predicted molar refractivity (Wildman–Crippen MR) is 58.5 cm³/mol. The lowest BCUT2D eigenvalue weighted by Gasteiger charge is -2.13. The molecule has 0 radical (unpaired) electrons. The van der Waals surface area contributed by atoms with Gasteiger partial charge in [-0.2, -0.15) is 0 Å². The lowest BCUT2D eigenvalue weighted by atomic mass is 10.3. The highest BCUT2D eigenvalue weighted by atomic mass is 28.3. The van der Waals surface area contributed by atoms with Crippen LogP contribution >= 0.6 is 0 Å². The van der Waals surface area contributed by atoms with Crippen LogP contribution in [0.15, 0.2) is 11.6 Å². The van der Waals surface area contributed by atoms with Gasteiger partial charge in [-0.15, -0.1) is 0 Å². The molecule has 3 heteroatoms. The first kappa shape index (κ1) is 12.4. The standard InChI is InChI=1S/C10H20O2Si/c1-9(2)6-7-12-10(11)8-13(3,4)5/h6H,7-8H2,1-5H3. The van der Waals surface area contributed by atoms with Crippen LogP contribution in [-0.4, -0.2) is 20.7 Å². The molecular weight excluding hydrogens is 180 g/mol. The molecule has 0 N–H and O–H groups in total. The normalized spacial score (nSPS) is 10.8. The quantitative estimate of drug-likeness (QED) is 0.396. The molecule has 0 aromatic rings. The van der Waals surface area contributed by atoms with Crippen LogP contribution in [0.5, 0.6) is 0 Å². The molecule has 0 saturated carbocycles. The number of ether oxygens (including phenoxy) is 1. The zero-order valence-corrected chi connectivity index (χ0v) is 10.3. The van der Waals surface area contributed by atoms with E-state index in [0.717, 1.165) is 0 Å². The molecule has 0 aliphatic heterocycles. The van der Waals surface area contributed by atoms with Crippen molar-refractivity contribution in [1.29, 1.82) is 0 Å². The molecule has 0 bridgehead atoms. The Kier molecular flexibility index (Phi) is 4.99. The van der Waals surface area contributed by atoms with Crippen LogP contribution in [-0.2, 0) is 9.53 Å². The maximum absolute atomic E-state index is 11.2. The molecule has 0 atom stereocenters. The zero-order valence-electron chi connectivity index (χ0n) is 9.31. The second-order valence-corrected chi connectivity index (χ2v) is 10.2. The van der Waals surface area contributed by atoms with Gasteiger partial charge in [-0.1, -0.05) is 25.2 Å². The van der Waals surface area contributed by atoms with Gasteiger partial charge < -0.3 is 4.74 Å². The Hall–Kier alpha value is -0.573. The van der Waals surface area contributed by atoms with E-state index in [9.17, 15) is 4.79 Å². The summed E-state index contributed by atoms with van der Waals surface area (Å²) in [6.45, 7) is 10.9. The lowest BCUT2D eigenvalue weighted by molar-refractivity contribution is -0.139. The van der Waals surface area contributed by atoms with Gasteiger partial charge in [0.1, 0.15) is 6.61 Å². The van der Waals surface area contributed by atoms with Gasteiger partial charge in [-0.05, 0) is 19.9 Å². The zero-order chi connectivity index (χ0) is 10.5. The van der Waals surface area contributed by atoms with Crippen LogP contribution in [0.1, 0.15) is 13.8 Å². The number of carbonyl (C=O) groups excluding carboxylic acids is 1. The van der Waals surface area contributed by atoms with Crippen molar-refractivity contribution in [2.75, 3.05) is 6.61 Å². The molecule has 76 valence electrons. The van der Waals surface area contributed by atoms with E-state index >= 15 is 0 Å². The Bertz CT molecular complexity index is 197. The van der Waals surface area contributed by atoms with E-state index in [-0.39, 0.29) is 5.97 Å². The fourth-order valence-electron chi connectivity index (χ4n) is 0.785. The van der Waals surface area contributed by atoms with Crippen molar-refractivity contribution in [3.05, 3.63) is 11.6 Å². The molecule has 0 aromatic carbocycles. The molecule has 0 saturated heterocycles. The fourth-order valence-corrected chi connectivity index (χ4v) is 1.75. The molecule has 0 aliphatic carbocycles. The summed E-state index contributed by atoms with van der Waals surface area (Å²) in [6, 6.07) is 0.615. The summed E-state index contributed by atoms with van der Waals surface area (Å²) < 4.78 is 5.05. The molecule has 0 spiro atoms. The Balaban J connectivity index is 3.71. The Morgan fingerprint density at radius 1 is 1.31 bits per heavy atom. The number of rotatable bonds is 4. The van der Waals surface area contributed by atoms with E-state index in [0.29, 0.717) is 12.7 Å². The first-order valence-electron chi connectivity index (χ1n) is 4.60. The van der Waals surface area contributed by atoms with Crippen LogP contribution in [0, 0.1) is 0 Å². The first-order valence-corrected chi connectivity index (χ1v) is 8.31. The minimum absolute atomic E-state index is 0.0586. The SMILES string of the molecule is CC(C)=CCOC(=O)C[Si](C)(C)C. The molecule has 0 rings (SSSR count). The second kappa shape index (κ2) is 5.22. The average molecular weight is 200 g/mol. The maximum Gasteiger partial charge on any atom is 0.303 e. The molecule has 0 amide bonds. The fraction of sp³-hybridized carbons (Fsp3) is 0.700. The summed E-state index contributed by atoms with van der Waals surface area (Å²) in [4.78, 5) is 11.2. The van der Waals surface area contributed by atoms with Gasteiger partial charge in [0, 0.05) is 6.04 Å². The molecule has 13 heavy (non-hydrogen) atoms. The number of carbonyl (C=O) groups is 1. The molecule has 2 nitrogen and oxygen atoms in total.